The summed E-state index contributed by atoms with van der Waals surface area (Å²) in [4.78, 5) is 16.3. The van der Waals surface area contributed by atoms with Crippen molar-refractivity contribution >= 4 is 5.91 Å². The van der Waals surface area contributed by atoms with E-state index in [1.807, 2.05) is 24.3 Å². The predicted octanol–water partition coefficient (Wildman–Crippen LogP) is 7.03. The van der Waals surface area contributed by atoms with E-state index in [0.29, 0.717) is 25.0 Å². The largest absolute Gasteiger partial charge is 0.392 e. The monoisotopic (exact) mass is 639 g/mol. The highest BCUT2D eigenvalue weighted by atomic mass is 16.7. The standard InChI is InChI=1S/C40H53N3O4/c1-26-36(24-43-34-14-6-5-10-29(34)19-20-35(43)38(45)42-40(2,3)4)46-39(47-37(26)30-17-15-27(25-44)16-18-30)33-13-8-12-32(22-33)31-11-7-9-28(21-31)23-41/h7-9,11-13,15-18,21-22,26,29,34-37,39,44H,5-6,10,14,19-20,23-25,41H2,1-4H3,(H,42,45). The second-order valence-corrected chi connectivity index (χ2v) is 15.0. The number of hydrogen-bond donors (Lipinski definition) is 3. The number of carbonyl (C=O) groups excluding carboxylic acids is 1. The molecule has 7 heteroatoms. The van der Waals surface area contributed by atoms with Crippen LogP contribution in [-0.4, -0.2) is 46.2 Å². The first kappa shape index (κ1) is 33.8. The van der Waals surface area contributed by atoms with Crippen LogP contribution in [0, 0.1) is 11.8 Å². The van der Waals surface area contributed by atoms with Crippen molar-refractivity contribution < 1.29 is 19.4 Å². The third kappa shape index (κ3) is 7.82. The topological polar surface area (TPSA) is 97.1 Å². The third-order valence-electron chi connectivity index (χ3n) is 10.5. The summed E-state index contributed by atoms with van der Waals surface area (Å²) in [6, 6.07) is 25.0. The molecular weight excluding hydrogens is 586 g/mol. The first-order valence-electron chi connectivity index (χ1n) is 17.6. The Morgan fingerprint density at radius 3 is 2.34 bits per heavy atom. The molecule has 7 nitrogen and oxygen atoms in total. The number of aliphatic hydroxyl groups excluding tert-OH is 1. The first-order chi connectivity index (χ1) is 22.6. The summed E-state index contributed by atoms with van der Waals surface area (Å²) in [5, 5.41) is 13.0. The number of piperidine rings is 1. The van der Waals surface area contributed by atoms with Crippen LogP contribution in [0.3, 0.4) is 0 Å². The average Bonchev–Trinajstić information content (AvgIpc) is 3.08. The van der Waals surface area contributed by atoms with E-state index < -0.39 is 6.29 Å². The molecule has 3 fully saturated rings. The lowest BCUT2D eigenvalue weighted by atomic mass is 9.75. The lowest BCUT2D eigenvalue weighted by Gasteiger charge is -2.51. The van der Waals surface area contributed by atoms with Gasteiger partial charge in [-0.2, -0.15) is 0 Å². The highest BCUT2D eigenvalue weighted by molar-refractivity contribution is 5.82. The van der Waals surface area contributed by atoms with Gasteiger partial charge in [-0.1, -0.05) is 80.4 Å². The van der Waals surface area contributed by atoms with Crippen LogP contribution >= 0.6 is 0 Å². The molecule has 7 unspecified atom stereocenters. The maximum absolute atomic E-state index is 13.8. The van der Waals surface area contributed by atoms with Gasteiger partial charge in [-0.3, -0.25) is 9.69 Å². The Hall–Kier alpha value is -3.07. The molecule has 7 atom stereocenters. The lowest BCUT2D eigenvalue weighted by Crippen LogP contribution is -2.61. The van der Waals surface area contributed by atoms with Crippen LogP contribution in [-0.2, 0) is 27.4 Å². The zero-order valence-electron chi connectivity index (χ0n) is 28.5. The van der Waals surface area contributed by atoms with Crippen molar-refractivity contribution in [3.63, 3.8) is 0 Å². The van der Waals surface area contributed by atoms with E-state index in [9.17, 15) is 9.90 Å². The summed E-state index contributed by atoms with van der Waals surface area (Å²) in [6.07, 6.45) is 5.86. The fourth-order valence-electron chi connectivity index (χ4n) is 8.01. The number of likely N-dealkylation sites (tertiary alicyclic amines) is 1. The Morgan fingerprint density at radius 1 is 0.894 bits per heavy atom. The summed E-state index contributed by atoms with van der Waals surface area (Å²) in [5.74, 6) is 0.781. The Kier molecular flexibility index (Phi) is 10.5. The number of nitrogens with zero attached hydrogens (tertiary/aromatic N) is 1. The second kappa shape index (κ2) is 14.6. The smallest absolute Gasteiger partial charge is 0.237 e. The zero-order valence-corrected chi connectivity index (χ0v) is 28.5. The van der Waals surface area contributed by atoms with Crippen LogP contribution in [0.4, 0.5) is 0 Å². The molecule has 1 aliphatic carbocycles. The van der Waals surface area contributed by atoms with E-state index in [1.54, 1.807) is 0 Å². The van der Waals surface area contributed by atoms with Crippen LogP contribution < -0.4 is 11.1 Å². The Morgan fingerprint density at radius 2 is 1.62 bits per heavy atom. The summed E-state index contributed by atoms with van der Waals surface area (Å²) in [5.41, 5.74) is 11.8. The van der Waals surface area contributed by atoms with Gasteiger partial charge in [-0.25, -0.2) is 0 Å². The highest BCUT2D eigenvalue weighted by Gasteiger charge is 2.46. The van der Waals surface area contributed by atoms with Gasteiger partial charge in [0, 0.05) is 36.2 Å². The number of nitrogens with two attached hydrogens (primary N) is 1. The summed E-state index contributed by atoms with van der Waals surface area (Å²) in [6.45, 7) is 9.56. The summed E-state index contributed by atoms with van der Waals surface area (Å²) in [7, 11) is 0. The van der Waals surface area contributed by atoms with Crippen LogP contribution in [0.15, 0.2) is 72.8 Å². The maximum atomic E-state index is 13.8. The molecule has 4 N–H and O–H groups in total. The number of hydrogen-bond acceptors (Lipinski definition) is 6. The minimum atomic E-state index is -0.579. The number of ether oxygens (including phenoxy) is 2. The number of amides is 1. The molecule has 3 aromatic carbocycles. The molecule has 0 spiro atoms. The molecule has 6 rings (SSSR count). The zero-order chi connectivity index (χ0) is 33.1. The van der Waals surface area contributed by atoms with Gasteiger partial charge in [-0.05, 0) is 92.3 Å². The molecule has 3 aliphatic rings. The minimum Gasteiger partial charge on any atom is -0.392 e. The van der Waals surface area contributed by atoms with Gasteiger partial charge in [0.1, 0.15) is 0 Å². The van der Waals surface area contributed by atoms with Gasteiger partial charge < -0.3 is 25.6 Å². The van der Waals surface area contributed by atoms with E-state index in [2.05, 4.69) is 86.4 Å². The normalized spacial score (nSPS) is 28.4. The number of nitrogens with one attached hydrogen (secondary N) is 1. The molecule has 1 amide bonds. The van der Waals surface area contributed by atoms with Crippen LogP contribution in [0.5, 0.6) is 0 Å². The van der Waals surface area contributed by atoms with Crippen molar-refractivity contribution in [2.45, 2.75) is 115 Å². The average molecular weight is 640 g/mol. The molecule has 252 valence electrons. The van der Waals surface area contributed by atoms with Gasteiger partial charge in [0.05, 0.1) is 24.9 Å². The molecule has 2 saturated heterocycles. The fraction of sp³-hybridized carbons (Fsp3) is 0.525. The van der Waals surface area contributed by atoms with E-state index in [-0.39, 0.29) is 42.2 Å². The number of benzene rings is 3. The van der Waals surface area contributed by atoms with Crippen molar-refractivity contribution in [2.24, 2.45) is 17.6 Å². The predicted molar refractivity (Wildman–Crippen MR) is 186 cm³/mol. The summed E-state index contributed by atoms with van der Waals surface area (Å²) < 4.78 is 13.8. The SMILES string of the molecule is CC1C(CN2C(C(=O)NC(C)(C)C)CCC3CCCCC32)OC(c2cccc(-c3cccc(CN)c3)c2)OC1c1ccc(CO)cc1. The number of carbonyl (C=O) groups is 1. The number of aliphatic hydroxyl groups is 1. The third-order valence-corrected chi connectivity index (χ3v) is 10.5. The van der Waals surface area contributed by atoms with Crippen LogP contribution in [0.2, 0.25) is 0 Å². The van der Waals surface area contributed by atoms with Crippen molar-refractivity contribution in [1.29, 1.82) is 0 Å². The molecule has 2 heterocycles. The summed E-state index contributed by atoms with van der Waals surface area (Å²) >= 11 is 0. The Bertz CT molecular complexity index is 1500. The quantitative estimate of drug-likeness (QED) is 0.245. The van der Waals surface area contributed by atoms with Crippen molar-refractivity contribution in [2.75, 3.05) is 6.54 Å². The fourth-order valence-corrected chi connectivity index (χ4v) is 8.01. The Labute approximate surface area is 280 Å². The molecule has 47 heavy (non-hydrogen) atoms. The van der Waals surface area contributed by atoms with E-state index in [4.69, 9.17) is 15.2 Å². The van der Waals surface area contributed by atoms with Crippen molar-refractivity contribution in [3.8, 4) is 11.1 Å². The van der Waals surface area contributed by atoms with Crippen molar-refractivity contribution in [3.05, 3.63) is 95.1 Å². The molecular formula is C40H53N3O4. The highest BCUT2D eigenvalue weighted by Crippen LogP contribution is 2.44. The molecule has 2 aliphatic heterocycles. The van der Waals surface area contributed by atoms with Crippen LogP contribution in [0.25, 0.3) is 11.1 Å². The molecule has 0 aromatic heterocycles. The van der Waals surface area contributed by atoms with Crippen LogP contribution in [0.1, 0.15) is 101 Å². The lowest BCUT2D eigenvalue weighted by molar-refractivity contribution is -0.278. The van der Waals surface area contributed by atoms with E-state index in [1.165, 1.54) is 19.3 Å². The Balaban J connectivity index is 1.34. The van der Waals surface area contributed by atoms with Gasteiger partial charge in [0.2, 0.25) is 5.91 Å². The number of rotatable bonds is 8. The van der Waals surface area contributed by atoms with Gasteiger partial charge in [0.25, 0.3) is 0 Å². The van der Waals surface area contributed by atoms with Crippen molar-refractivity contribution in [1.82, 2.24) is 10.2 Å². The van der Waals surface area contributed by atoms with E-state index in [0.717, 1.165) is 52.6 Å². The molecule has 0 bridgehead atoms. The second-order valence-electron chi connectivity index (χ2n) is 15.0. The molecule has 0 radical (unpaired) electrons. The minimum absolute atomic E-state index is 0.00337. The number of fused-ring (bicyclic) bond motifs is 1. The van der Waals surface area contributed by atoms with Gasteiger partial charge in [-0.15, -0.1) is 0 Å². The first-order valence-corrected chi connectivity index (χ1v) is 17.6. The van der Waals surface area contributed by atoms with Gasteiger partial charge >= 0.3 is 0 Å². The van der Waals surface area contributed by atoms with E-state index >= 15 is 0 Å². The molecule has 3 aromatic rings. The van der Waals surface area contributed by atoms with Gasteiger partial charge in [0.15, 0.2) is 6.29 Å². The maximum Gasteiger partial charge on any atom is 0.237 e. The molecule has 1 saturated carbocycles.